The van der Waals surface area contributed by atoms with E-state index in [1.54, 1.807) is 12.1 Å². The lowest BCUT2D eigenvalue weighted by Gasteiger charge is -1.96. The molecule has 0 saturated carbocycles. The summed E-state index contributed by atoms with van der Waals surface area (Å²) in [7, 11) is 0. The van der Waals surface area contributed by atoms with Crippen LogP contribution in [-0.2, 0) is 0 Å². The summed E-state index contributed by atoms with van der Waals surface area (Å²) in [4.78, 5) is -0.000185. The Morgan fingerprint density at radius 3 is 2.64 bits per heavy atom. The van der Waals surface area contributed by atoms with E-state index in [-0.39, 0.29) is 4.88 Å². The van der Waals surface area contributed by atoms with Crippen LogP contribution in [0.2, 0.25) is 5.02 Å². The minimum absolute atomic E-state index is 0.000185. The molecule has 0 radical (unpaired) electrons. The molecule has 0 aliphatic carbocycles. The zero-order chi connectivity index (χ0) is 10.3. The number of alkyl halides is 2. The molecule has 1 heterocycles. The van der Waals surface area contributed by atoms with Gasteiger partial charge in [-0.3, -0.25) is 0 Å². The molecule has 0 aliphatic heterocycles. The van der Waals surface area contributed by atoms with Gasteiger partial charge in [-0.1, -0.05) is 11.6 Å². The van der Waals surface area contributed by atoms with Crippen LogP contribution in [0.25, 0.3) is 10.1 Å². The van der Waals surface area contributed by atoms with Gasteiger partial charge in [0.05, 0.1) is 14.6 Å². The molecule has 0 fully saturated rings. The van der Waals surface area contributed by atoms with Crippen molar-refractivity contribution in [2.75, 3.05) is 5.73 Å². The van der Waals surface area contributed by atoms with Crippen LogP contribution in [0.4, 0.5) is 14.5 Å². The molecule has 2 N–H and O–H groups in total. The summed E-state index contributed by atoms with van der Waals surface area (Å²) >= 11 is 6.84. The topological polar surface area (TPSA) is 26.0 Å². The van der Waals surface area contributed by atoms with Crippen LogP contribution in [0.15, 0.2) is 18.2 Å². The van der Waals surface area contributed by atoms with Crippen molar-refractivity contribution in [1.82, 2.24) is 0 Å². The number of nitrogens with two attached hydrogens (primary N) is 1. The number of hydrogen-bond acceptors (Lipinski definition) is 2. The third-order valence-electron chi connectivity index (χ3n) is 1.90. The van der Waals surface area contributed by atoms with Crippen LogP contribution in [0.5, 0.6) is 0 Å². The molecule has 1 nitrogen and oxygen atoms in total. The molecule has 0 atom stereocenters. The standard InChI is InChI=1S/C9H6ClF2NS/c10-5-1-2-6(13)4-3-7(9(11)12)14-8(4)5/h1-3,9H,13H2. The molecule has 1 aromatic heterocycles. The molecule has 1 aromatic carbocycles. The Morgan fingerprint density at radius 2 is 2.07 bits per heavy atom. The first-order valence-corrected chi connectivity index (χ1v) is 5.04. The van der Waals surface area contributed by atoms with Crippen LogP contribution >= 0.6 is 22.9 Å². The van der Waals surface area contributed by atoms with Gasteiger partial charge in [-0.05, 0) is 18.2 Å². The quantitative estimate of drug-likeness (QED) is 0.738. The lowest BCUT2D eigenvalue weighted by Crippen LogP contribution is -1.83. The molecule has 2 rings (SSSR count). The van der Waals surface area contributed by atoms with E-state index in [9.17, 15) is 8.78 Å². The Morgan fingerprint density at radius 1 is 1.36 bits per heavy atom. The summed E-state index contributed by atoms with van der Waals surface area (Å²) in [5.74, 6) is 0. The van der Waals surface area contributed by atoms with Crippen LogP contribution < -0.4 is 5.73 Å². The maximum atomic E-state index is 12.4. The average molecular weight is 234 g/mol. The first-order valence-electron chi connectivity index (χ1n) is 3.85. The van der Waals surface area contributed by atoms with Gasteiger partial charge in [0.1, 0.15) is 0 Å². The van der Waals surface area contributed by atoms with Crippen molar-refractivity contribution in [3.8, 4) is 0 Å². The third kappa shape index (κ3) is 1.44. The molecule has 5 heteroatoms. The highest BCUT2D eigenvalue weighted by Crippen LogP contribution is 2.38. The summed E-state index contributed by atoms with van der Waals surface area (Å²) < 4.78 is 25.4. The lowest BCUT2D eigenvalue weighted by molar-refractivity contribution is 0.156. The third-order valence-corrected chi connectivity index (χ3v) is 3.51. The molecular weight excluding hydrogens is 228 g/mol. The van der Waals surface area contributed by atoms with E-state index in [1.807, 2.05) is 0 Å². The van der Waals surface area contributed by atoms with Gasteiger partial charge < -0.3 is 5.73 Å². The smallest absolute Gasteiger partial charge is 0.272 e. The van der Waals surface area contributed by atoms with E-state index in [4.69, 9.17) is 17.3 Å². The van der Waals surface area contributed by atoms with E-state index in [0.717, 1.165) is 11.3 Å². The molecule has 0 aliphatic rings. The Kier molecular flexibility index (Phi) is 2.33. The van der Waals surface area contributed by atoms with E-state index < -0.39 is 6.43 Å². The summed E-state index contributed by atoms with van der Waals surface area (Å²) in [5.41, 5.74) is 6.12. The van der Waals surface area contributed by atoms with Crippen LogP contribution in [0, 0.1) is 0 Å². The number of rotatable bonds is 1. The second-order valence-electron chi connectivity index (χ2n) is 2.83. The van der Waals surface area contributed by atoms with Crippen molar-refractivity contribution >= 4 is 38.7 Å². The predicted octanol–water partition coefficient (Wildman–Crippen LogP) is 4.07. The minimum atomic E-state index is -2.47. The Bertz CT molecular complexity index is 442. The average Bonchev–Trinajstić information content (AvgIpc) is 2.57. The molecule has 0 bridgehead atoms. The van der Waals surface area contributed by atoms with Crippen molar-refractivity contribution in [1.29, 1.82) is 0 Å². The zero-order valence-corrected chi connectivity index (χ0v) is 8.50. The van der Waals surface area contributed by atoms with Gasteiger partial charge in [-0.2, -0.15) is 0 Å². The number of hydrogen-bond donors (Lipinski definition) is 1. The summed E-state index contributed by atoms with van der Waals surface area (Å²) in [6, 6.07) is 4.63. The van der Waals surface area contributed by atoms with Gasteiger partial charge in [-0.15, -0.1) is 11.3 Å². The number of fused-ring (bicyclic) bond motifs is 1. The Balaban J connectivity index is 2.75. The number of anilines is 1. The lowest BCUT2D eigenvalue weighted by atomic mass is 10.2. The van der Waals surface area contributed by atoms with Gasteiger partial charge in [-0.25, -0.2) is 8.78 Å². The number of thiophene rings is 1. The van der Waals surface area contributed by atoms with Gasteiger partial charge in [0.2, 0.25) is 0 Å². The molecule has 0 spiro atoms. The van der Waals surface area contributed by atoms with Crippen molar-refractivity contribution in [3.05, 3.63) is 28.1 Å². The largest absolute Gasteiger partial charge is 0.398 e. The van der Waals surface area contributed by atoms with Crippen molar-refractivity contribution in [2.45, 2.75) is 6.43 Å². The van der Waals surface area contributed by atoms with Crippen molar-refractivity contribution in [2.24, 2.45) is 0 Å². The van der Waals surface area contributed by atoms with Gasteiger partial charge >= 0.3 is 0 Å². The zero-order valence-electron chi connectivity index (χ0n) is 6.93. The Labute approximate surface area is 88.1 Å². The van der Waals surface area contributed by atoms with Crippen molar-refractivity contribution < 1.29 is 8.78 Å². The van der Waals surface area contributed by atoms with Gasteiger partial charge in [0, 0.05) is 11.1 Å². The van der Waals surface area contributed by atoms with E-state index in [0.29, 0.717) is 20.8 Å². The van der Waals surface area contributed by atoms with Crippen LogP contribution in [0.1, 0.15) is 11.3 Å². The van der Waals surface area contributed by atoms with Gasteiger partial charge in [0.25, 0.3) is 6.43 Å². The fourth-order valence-electron chi connectivity index (χ4n) is 1.24. The molecule has 74 valence electrons. The fraction of sp³-hybridized carbons (Fsp3) is 0.111. The highest BCUT2D eigenvalue weighted by Gasteiger charge is 2.14. The molecular formula is C9H6ClF2NS. The molecule has 2 aromatic rings. The summed E-state index contributed by atoms with van der Waals surface area (Å²) in [5, 5.41) is 1.07. The highest BCUT2D eigenvalue weighted by atomic mass is 35.5. The van der Waals surface area contributed by atoms with E-state index >= 15 is 0 Å². The van der Waals surface area contributed by atoms with Gasteiger partial charge in [0.15, 0.2) is 0 Å². The molecule has 0 amide bonds. The molecule has 0 saturated heterocycles. The van der Waals surface area contributed by atoms with Crippen LogP contribution in [0.3, 0.4) is 0 Å². The fourth-order valence-corrected chi connectivity index (χ4v) is 2.47. The maximum absolute atomic E-state index is 12.4. The SMILES string of the molecule is Nc1ccc(Cl)c2sc(C(F)F)cc12. The first kappa shape index (κ1) is 9.68. The second-order valence-corrected chi connectivity index (χ2v) is 4.32. The minimum Gasteiger partial charge on any atom is -0.398 e. The van der Waals surface area contributed by atoms with E-state index in [2.05, 4.69) is 0 Å². The molecule has 14 heavy (non-hydrogen) atoms. The summed E-state index contributed by atoms with van der Waals surface area (Å²) in [6.07, 6.45) is -2.47. The predicted molar refractivity (Wildman–Crippen MR) is 56.2 cm³/mol. The normalized spacial score (nSPS) is 11.4. The van der Waals surface area contributed by atoms with Crippen molar-refractivity contribution in [3.63, 3.8) is 0 Å². The number of nitrogen functional groups attached to an aromatic ring is 1. The Hall–Kier alpha value is -0.870. The van der Waals surface area contributed by atoms with Crippen LogP contribution in [-0.4, -0.2) is 0 Å². The number of benzene rings is 1. The molecule has 0 unspecified atom stereocenters. The monoisotopic (exact) mass is 233 g/mol. The number of halogens is 3. The first-order chi connectivity index (χ1) is 6.59. The maximum Gasteiger partial charge on any atom is 0.272 e. The van der Waals surface area contributed by atoms with E-state index in [1.165, 1.54) is 6.07 Å². The summed E-state index contributed by atoms with van der Waals surface area (Å²) in [6.45, 7) is 0. The second kappa shape index (κ2) is 3.37. The highest BCUT2D eigenvalue weighted by molar-refractivity contribution is 7.19.